The molecule has 4 heterocycles. The Morgan fingerprint density at radius 1 is 1.00 bits per heavy atom. The highest BCUT2D eigenvalue weighted by atomic mass is 16.7. The first kappa shape index (κ1) is 18.2. The normalized spacial score (nSPS) is 15.4. The molecule has 2 aliphatic heterocycles. The number of carbonyl (C=O) groups excluding carboxylic acids is 1. The molecule has 0 unspecified atom stereocenters. The van der Waals surface area contributed by atoms with Crippen LogP contribution in [0.15, 0.2) is 42.9 Å². The zero-order chi connectivity index (χ0) is 20.5. The zero-order valence-corrected chi connectivity index (χ0v) is 16.5. The number of carbonyl (C=O) groups is 1. The van der Waals surface area contributed by atoms with E-state index in [9.17, 15) is 4.79 Å². The summed E-state index contributed by atoms with van der Waals surface area (Å²) in [5.41, 5.74) is 1.61. The highest BCUT2D eigenvalue weighted by Crippen LogP contribution is 2.34. The third-order valence-corrected chi connectivity index (χ3v) is 5.11. The summed E-state index contributed by atoms with van der Waals surface area (Å²) in [4.78, 5) is 25.3. The number of fused-ring (bicyclic) bond motifs is 1. The van der Waals surface area contributed by atoms with Crippen molar-refractivity contribution in [3.8, 4) is 17.3 Å². The van der Waals surface area contributed by atoms with Crippen LogP contribution in [0.5, 0.6) is 11.5 Å². The summed E-state index contributed by atoms with van der Waals surface area (Å²) < 4.78 is 12.4. The molecule has 30 heavy (non-hydrogen) atoms. The van der Waals surface area contributed by atoms with Gasteiger partial charge < -0.3 is 24.6 Å². The fourth-order valence-electron chi connectivity index (χ4n) is 3.49. The Kier molecular flexibility index (Phi) is 4.58. The molecule has 2 aromatic heterocycles. The minimum absolute atomic E-state index is 0.135. The van der Waals surface area contributed by atoms with Crippen LogP contribution < -0.4 is 19.7 Å². The molecule has 1 fully saturated rings. The number of amides is 2. The molecule has 0 radical (unpaired) electrons. The van der Waals surface area contributed by atoms with Crippen molar-refractivity contribution in [1.29, 1.82) is 0 Å². The number of urea groups is 1. The van der Waals surface area contributed by atoms with Crippen LogP contribution in [0.4, 0.5) is 16.3 Å². The molecule has 10 nitrogen and oxygen atoms in total. The van der Waals surface area contributed by atoms with Crippen molar-refractivity contribution in [2.45, 2.75) is 6.92 Å². The van der Waals surface area contributed by atoms with E-state index in [2.05, 4.69) is 25.3 Å². The van der Waals surface area contributed by atoms with E-state index in [0.717, 1.165) is 17.3 Å². The van der Waals surface area contributed by atoms with E-state index >= 15 is 0 Å². The quantitative estimate of drug-likeness (QED) is 0.710. The molecule has 3 aromatic rings. The number of nitrogens with one attached hydrogen (secondary N) is 1. The van der Waals surface area contributed by atoms with Gasteiger partial charge in [0.25, 0.3) is 0 Å². The van der Waals surface area contributed by atoms with Gasteiger partial charge in [-0.1, -0.05) is 0 Å². The Labute approximate surface area is 173 Å². The molecule has 1 aromatic carbocycles. The summed E-state index contributed by atoms with van der Waals surface area (Å²) in [7, 11) is 0. The number of hydrogen-bond acceptors (Lipinski definition) is 7. The summed E-state index contributed by atoms with van der Waals surface area (Å²) >= 11 is 0. The summed E-state index contributed by atoms with van der Waals surface area (Å²) in [6, 6.07) is 9.08. The van der Waals surface area contributed by atoms with Crippen LogP contribution >= 0.6 is 0 Å². The number of piperazine rings is 1. The molecule has 154 valence electrons. The molecule has 0 spiro atoms. The van der Waals surface area contributed by atoms with Crippen LogP contribution in [0.2, 0.25) is 0 Å². The summed E-state index contributed by atoms with van der Waals surface area (Å²) in [6.45, 7) is 4.70. The van der Waals surface area contributed by atoms with Crippen LogP contribution in [-0.4, -0.2) is 63.7 Å². The van der Waals surface area contributed by atoms with Crippen LogP contribution in [0.1, 0.15) is 5.69 Å². The number of rotatable bonds is 3. The maximum atomic E-state index is 12.6. The minimum Gasteiger partial charge on any atom is -0.454 e. The Morgan fingerprint density at radius 3 is 2.60 bits per heavy atom. The lowest BCUT2D eigenvalue weighted by atomic mass is 10.2. The number of nitrogens with zero attached hydrogens (tertiary/aromatic N) is 6. The zero-order valence-electron chi connectivity index (χ0n) is 16.5. The van der Waals surface area contributed by atoms with Gasteiger partial charge in [0.2, 0.25) is 6.79 Å². The number of hydrogen-bond donors (Lipinski definition) is 1. The van der Waals surface area contributed by atoms with E-state index in [0.29, 0.717) is 43.4 Å². The lowest BCUT2D eigenvalue weighted by molar-refractivity contribution is 0.174. The van der Waals surface area contributed by atoms with Crippen molar-refractivity contribution in [1.82, 2.24) is 24.6 Å². The van der Waals surface area contributed by atoms with Gasteiger partial charge in [-0.3, -0.25) is 0 Å². The van der Waals surface area contributed by atoms with Gasteiger partial charge >= 0.3 is 6.03 Å². The van der Waals surface area contributed by atoms with E-state index in [1.54, 1.807) is 34.1 Å². The lowest BCUT2D eigenvalue weighted by Gasteiger charge is -2.35. The largest absolute Gasteiger partial charge is 0.454 e. The maximum absolute atomic E-state index is 12.6. The smallest absolute Gasteiger partial charge is 0.321 e. The van der Waals surface area contributed by atoms with Crippen molar-refractivity contribution in [2.24, 2.45) is 0 Å². The van der Waals surface area contributed by atoms with Crippen molar-refractivity contribution < 1.29 is 14.3 Å². The Bertz CT molecular complexity index is 1080. The SMILES string of the molecule is Cc1ccn(-c2cc(N3CCN(C(=O)Nc4ccc5c(c4)OCO5)CC3)ncn2)n1. The molecule has 5 rings (SSSR count). The third-order valence-electron chi connectivity index (χ3n) is 5.11. The van der Waals surface area contributed by atoms with Gasteiger partial charge in [-0.25, -0.2) is 19.4 Å². The fourth-order valence-corrected chi connectivity index (χ4v) is 3.49. The Balaban J connectivity index is 1.20. The van der Waals surface area contributed by atoms with E-state index in [-0.39, 0.29) is 12.8 Å². The predicted octanol–water partition coefficient (Wildman–Crippen LogP) is 2.05. The average molecular weight is 407 g/mol. The summed E-state index contributed by atoms with van der Waals surface area (Å²) in [6.07, 6.45) is 3.42. The molecule has 0 aliphatic carbocycles. The lowest BCUT2D eigenvalue weighted by Crippen LogP contribution is -2.50. The molecule has 1 N–H and O–H groups in total. The molecule has 2 amide bonds. The van der Waals surface area contributed by atoms with Crippen molar-refractivity contribution in [3.05, 3.63) is 48.5 Å². The molecule has 10 heteroatoms. The van der Waals surface area contributed by atoms with E-state index < -0.39 is 0 Å². The maximum Gasteiger partial charge on any atom is 0.321 e. The first-order chi connectivity index (χ1) is 14.7. The second kappa shape index (κ2) is 7.54. The number of benzene rings is 1. The van der Waals surface area contributed by atoms with Gasteiger partial charge in [0.15, 0.2) is 17.3 Å². The molecular formula is C20H21N7O3. The molecular weight excluding hydrogens is 386 g/mol. The molecule has 0 saturated carbocycles. The van der Waals surface area contributed by atoms with E-state index in [4.69, 9.17) is 9.47 Å². The third kappa shape index (κ3) is 3.59. The van der Waals surface area contributed by atoms with Gasteiger partial charge in [-0.15, -0.1) is 0 Å². The number of anilines is 2. The number of aryl methyl sites for hydroxylation is 1. The van der Waals surface area contributed by atoms with Crippen molar-refractivity contribution in [2.75, 3.05) is 43.2 Å². The summed E-state index contributed by atoms with van der Waals surface area (Å²) in [5.74, 6) is 2.88. The van der Waals surface area contributed by atoms with Gasteiger partial charge in [-0.05, 0) is 25.1 Å². The minimum atomic E-state index is -0.135. The highest BCUT2D eigenvalue weighted by molar-refractivity contribution is 5.90. The molecule has 0 bridgehead atoms. The van der Waals surface area contributed by atoms with Crippen LogP contribution in [0.25, 0.3) is 5.82 Å². The van der Waals surface area contributed by atoms with Crippen molar-refractivity contribution >= 4 is 17.5 Å². The Hall–Kier alpha value is -3.82. The predicted molar refractivity (Wildman–Crippen MR) is 109 cm³/mol. The van der Waals surface area contributed by atoms with Gasteiger partial charge in [0, 0.05) is 50.2 Å². The van der Waals surface area contributed by atoms with Gasteiger partial charge in [0.1, 0.15) is 12.1 Å². The fraction of sp³-hybridized carbons (Fsp3) is 0.300. The first-order valence-corrected chi connectivity index (χ1v) is 9.71. The first-order valence-electron chi connectivity index (χ1n) is 9.71. The monoisotopic (exact) mass is 407 g/mol. The van der Waals surface area contributed by atoms with Crippen molar-refractivity contribution in [3.63, 3.8) is 0 Å². The molecule has 1 saturated heterocycles. The average Bonchev–Trinajstić information content (AvgIpc) is 3.42. The highest BCUT2D eigenvalue weighted by Gasteiger charge is 2.23. The molecule has 2 aliphatic rings. The second-order valence-electron chi connectivity index (χ2n) is 7.11. The summed E-state index contributed by atoms with van der Waals surface area (Å²) in [5, 5.41) is 7.32. The number of aromatic nitrogens is 4. The van der Waals surface area contributed by atoms with Gasteiger partial charge in [-0.2, -0.15) is 5.10 Å². The van der Waals surface area contributed by atoms with E-state index in [1.807, 2.05) is 25.3 Å². The molecule has 0 atom stereocenters. The standard InChI is InChI=1S/C20H21N7O3/c1-14-4-5-27(24-14)19-11-18(21-12-22-19)25-6-8-26(9-7-25)20(28)23-15-2-3-16-17(10-15)30-13-29-16/h2-5,10-12H,6-9,13H2,1H3,(H,23,28). The van der Waals surface area contributed by atoms with E-state index in [1.165, 1.54) is 0 Å². The van der Waals surface area contributed by atoms with Crippen LogP contribution in [0.3, 0.4) is 0 Å². The number of ether oxygens (including phenoxy) is 2. The topological polar surface area (TPSA) is 97.6 Å². The van der Waals surface area contributed by atoms with Crippen LogP contribution in [-0.2, 0) is 0 Å². The van der Waals surface area contributed by atoms with Gasteiger partial charge in [0.05, 0.1) is 5.69 Å². The van der Waals surface area contributed by atoms with Crippen LogP contribution in [0, 0.1) is 6.92 Å². The second-order valence-corrected chi connectivity index (χ2v) is 7.11. The Morgan fingerprint density at radius 2 is 1.80 bits per heavy atom.